The van der Waals surface area contributed by atoms with Crippen molar-refractivity contribution < 1.29 is 4.74 Å². The van der Waals surface area contributed by atoms with E-state index < -0.39 is 0 Å². The zero-order chi connectivity index (χ0) is 13.8. The van der Waals surface area contributed by atoms with Crippen LogP contribution in [-0.4, -0.2) is 16.9 Å². The van der Waals surface area contributed by atoms with Crippen molar-refractivity contribution in [3.05, 3.63) is 47.3 Å². The number of ether oxygens (including phenoxy) is 1. The summed E-state index contributed by atoms with van der Waals surface area (Å²) in [6.07, 6.45) is 3.63. The fraction of sp³-hybridized carbons (Fsp3) is 0.400. The number of nitrogens with zero attached hydrogens (tertiary/aromatic N) is 2. The average molecular weight is 259 g/mol. The molecular formula is C15H21N3O. The lowest BCUT2D eigenvalue weighted by Gasteiger charge is -2.14. The highest BCUT2D eigenvalue weighted by Crippen LogP contribution is 2.24. The van der Waals surface area contributed by atoms with Gasteiger partial charge in [-0.1, -0.05) is 12.1 Å². The number of hydrogen-bond donors (Lipinski definition) is 1. The number of methoxy groups -OCH3 is 1. The molecule has 0 saturated heterocycles. The van der Waals surface area contributed by atoms with Gasteiger partial charge in [-0.2, -0.15) is 5.10 Å². The largest absolute Gasteiger partial charge is 0.496 e. The molecule has 0 aliphatic heterocycles. The number of nitrogens with two attached hydrogens (primary N) is 1. The number of aromatic nitrogens is 2. The fourth-order valence-corrected chi connectivity index (χ4v) is 2.18. The molecule has 19 heavy (non-hydrogen) atoms. The first-order valence-corrected chi connectivity index (χ1v) is 6.49. The van der Waals surface area contributed by atoms with Crippen LogP contribution in [0.2, 0.25) is 0 Å². The van der Waals surface area contributed by atoms with Crippen LogP contribution >= 0.6 is 0 Å². The zero-order valence-corrected chi connectivity index (χ0v) is 11.8. The molecule has 0 saturated carbocycles. The topological polar surface area (TPSA) is 53.1 Å². The molecule has 4 nitrogen and oxygen atoms in total. The maximum Gasteiger partial charge on any atom is 0.122 e. The molecule has 0 spiro atoms. The van der Waals surface area contributed by atoms with Crippen molar-refractivity contribution in [2.45, 2.75) is 25.8 Å². The summed E-state index contributed by atoms with van der Waals surface area (Å²) in [6.45, 7) is 2.03. The lowest BCUT2D eigenvalue weighted by molar-refractivity contribution is 0.410. The Hall–Kier alpha value is -1.81. The Bertz CT molecular complexity index is 548. The molecule has 0 fully saturated rings. The lowest BCUT2D eigenvalue weighted by Crippen LogP contribution is -2.12. The van der Waals surface area contributed by atoms with Gasteiger partial charge in [-0.15, -0.1) is 0 Å². The number of aryl methyl sites for hydroxylation is 3. The third-order valence-corrected chi connectivity index (χ3v) is 3.49. The van der Waals surface area contributed by atoms with E-state index in [4.69, 9.17) is 10.5 Å². The Morgan fingerprint density at radius 1 is 1.37 bits per heavy atom. The molecule has 0 bridgehead atoms. The molecule has 4 heteroatoms. The smallest absolute Gasteiger partial charge is 0.122 e. The first kappa shape index (κ1) is 13.6. The number of rotatable bonds is 5. The predicted molar refractivity (Wildman–Crippen MR) is 76.2 cm³/mol. The van der Waals surface area contributed by atoms with E-state index in [-0.39, 0.29) is 6.04 Å². The summed E-state index contributed by atoms with van der Waals surface area (Å²) in [7, 11) is 3.64. The first-order valence-electron chi connectivity index (χ1n) is 6.49. The molecule has 2 aromatic rings. The molecule has 1 aromatic heterocycles. The van der Waals surface area contributed by atoms with Gasteiger partial charge in [0.1, 0.15) is 5.75 Å². The third kappa shape index (κ3) is 3.15. The van der Waals surface area contributed by atoms with E-state index >= 15 is 0 Å². The summed E-state index contributed by atoms with van der Waals surface area (Å²) < 4.78 is 7.23. The van der Waals surface area contributed by atoms with E-state index in [1.54, 1.807) is 7.11 Å². The molecule has 2 N–H and O–H groups in total. The van der Waals surface area contributed by atoms with Crippen molar-refractivity contribution in [3.8, 4) is 5.75 Å². The van der Waals surface area contributed by atoms with Crippen LogP contribution < -0.4 is 10.5 Å². The molecule has 1 aromatic carbocycles. The highest BCUT2D eigenvalue weighted by molar-refractivity contribution is 5.37. The van der Waals surface area contributed by atoms with Gasteiger partial charge in [0.05, 0.1) is 7.11 Å². The highest BCUT2D eigenvalue weighted by atomic mass is 16.5. The maximum atomic E-state index is 6.25. The molecular weight excluding hydrogens is 238 g/mol. The van der Waals surface area contributed by atoms with E-state index in [2.05, 4.69) is 17.2 Å². The quantitative estimate of drug-likeness (QED) is 0.897. The van der Waals surface area contributed by atoms with Crippen LogP contribution in [0.5, 0.6) is 5.75 Å². The summed E-state index contributed by atoms with van der Waals surface area (Å²) in [6, 6.07) is 8.21. The SMILES string of the molecule is COc1cc(C(N)CCc2ccnn2C)ccc1C. The number of benzene rings is 1. The maximum absolute atomic E-state index is 6.25. The van der Waals surface area contributed by atoms with Crippen LogP contribution in [0.1, 0.15) is 29.3 Å². The van der Waals surface area contributed by atoms with Crippen LogP contribution in [0.3, 0.4) is 0 Å². The molecule has 2 rings (SSSR count). The summed E-state index contributed by atoms with van der Waals surface area (Å²) in [5.74, 6) is 0.897. The summed E-state index contributed by atoms with van der Waals surface area (Å²) in [4.78, 5) is 0. The number of hydrogen-bond acceptors (Lipinski definition) is 3. The molecule has 1 heterocycles. The van der Waals surface area contributed by atoms with Crippen LogP contribution in [0, 0.1) is 6.92 Å². The van der Waals surface area contributed by atoms with Crippen molar-refractivity contribution in [1.29, 1.82) is 0 Å². The Morgan fingerprint density at radius 2 is 2.16 bits per heavy atom. The molecule has 1 unspecified atom stereocenters. The Balaban J connectivity index is 2.03. The van der Waals surface area contributed by atoms with Gasteiger partial charge in [0.2, 0.25) is 0 Å². The molecule has 0 amide bonds. The minimum atomic E-state index is 0.0180. The molecule has 102 valence electrons. The minimum Gasteiger partial charge on any atom is -0.496 e. The van der Waals surface area contributed by atoms with Gasteiger partial charge in [0, 0.05) is 25.0 Å². The highest BCUT2D eigenvalue weighted by Gasteiger charge is 2.10. The van der Waals surface area contributed by atoms with E-state index in [0.29, 0.717) is 0 Å². The minimum absolute atomic E-state index is 0.0180. The summed E-state index contributed by atoms with van der Waals surface area (Å²) >= 11 is 0. The van der Waals surface area contributed by atoms with Gasteiger partial charge >= 0.3 is 0 Å². The second kappa shape index (κ2) is 5.89. The first-order chi connectivity index (χ1) is 9.11. The van der Waals surface area contributed by atoms with E-state index in [0.717, 1.165) is 29.7 Å². The van der Waals surface area contributed by atoms with E-state index in [1.807, 2.05) is 37.0 Å². The second-order valence-corrected chi connectivity index (χ2v) is 4.82. The van der Waals surface area contributed by atoms with Crippen LogP contribution in [0.4, 0.5) is 0 Å². The van der Waals surface area contributed by atoms with Crippen LogP contribution in [-0.2, 0) is 13.5 Å². The van der Waals surface area contributed by atoms with Crippen molar-refractivity contribution in [2.75, 3.05) is 7.11 Å². The normalized spacial score (nSPS) is 12.4. The lowest BCUT2D eigenvalue weighted by atomic mass is 10.00. The predicted octanol–water partition coefficient (Wildman–Crippen LogP) is 2.37. The van der Waals surface area contributed by atoms with Crippen LogP contribution in [0.15, 0.2) is 30.5 Å². The molecule has 0 radical (unpaired) electrons. The van der Waals surface area contributed by atoms with Crippen molar-refractivity contribution in [1.82, 2.24) is 9.78 Å². The van der Waals surface area contributed by atoms with Crippen molar-refractivity contribution in [3.63, 3.8) is 0 Å². The van der Waals surface area contributed by atoms with Crippen LogP contribution in [0.25, 0.3) is 0 Å². The van der Waals surface area contributed by atoms with Gasteiger partial charge in [0.15, 0.2) is 0 Å². The summed E-state index contributed by atoms with van der Waals surface area (Å²) in [5.41, 5.74) is 9.70. The molecule has 1 atom stereocenters. The van der Waals surface area contributed by atoms with Crippen molar-refractivity contribution >= 4 is 0 Å². The van der Waals surface area contributed by atoms with Crippen molar-refractivity contribution in [2.24, 2.45) is 12.8 Å². The zero-order valence-electron chi connectivity index (χ0n) is 11.8. The Labute approximate surface area is 114 Å². The van der Waals surface area contributed by atoms with Gasteiger partial charge in [-0.25, -0.2) is 0 Å². The Morgan fingerprint density at radius 3 is 2.79 bits per heavy atom. The third-order valence-electron chi connectivity index (χ3n) is 3.49. The standard InChI is InChI=1S/C15H21N3O/c1-11-4-5-12(10-15(11)19-3)14(16)7-6-13-8-9-17-18(13)2/h4-5,8-10,14H,6-7,16H2,1-3H3. The van der Waals surface area contributed by atoms with E-state index in [1.165, 1.54) is 5.69 Å². The molecule has 0 aliphatic rings. The monoisotopic (exact) mass is 259 g/mol. The van der Waals surface area contributed by atoms with Gasteiger partial charge in [-0.3, -0.25) is 4.68 Å². The fourth-order valence-electron chi connectivity index (χ4n) is 2.18. The van der Waals surface area contributed by atoms with Gasteiger partial charge in [-0.05, 0) is 43.0 Å². The van der Waals surface area contributed by atoms with Gasteiger partial charge < -0.3 is 10.5 Å². The average Bonchev–Trinajstić information content (AvgIpc) is 2.82. The summed E-state index contributed by atoms with van der Waals surface area (Å²) in [5, 5.41) is 4.16. The van der Waals surface area contributed by atoms with Gasteiger partial charge in [0.25, 0.3) is 0 Å². The molecule has 0 aliphatic carbocycles. The second-order valence-electron chi connectivity index (χ2n) is 4.82. The van der Waals surface area contributed by atoms with E-state index in [9.17, 15) is 0 Å². The Kier molecular flexibility index (Phi) is 4.22.